The summed E-state index contributed by atoms with van der Waals surface area (Å²) in [5, 5.41) is 9.06. The zero-order chi connectivity index (χ0) is 14.9. The Labute approximate surface area is 118 Å². The number of rotatable bonds is 3. The monoisotopic (exact) mass is 277 g/mol. The molecule has 5 nitrogen and oxygen atoms in total. The summed E-state index contributed by atoms with van der Waals surface area (Å²) in [6.07, 6.45) is -0.572. The highest BCUT2D eigenvalue weighted by Gasteiger charge is 2.37. The molecule has 1 aromatic carbocycles. The molecule has 1 aromatic rings. The summed E-state index contributed by atoms with van der Waals surface area (Å²) in [7, 11) is 0. The number of hydrogen-bond donors (Lipinski definition) is 1. The number of carbonyl (C=O) groups excluding carboxylic acids is 1. The van der Waals surface area contributed by atoms with Crippen LogP contribution in [0.4, 0.5) is 4.79 Å². The third-order valence-corrected chi connectivity index (χ3v) is 3.43. The van der Waals surface area contributed by atoms with Gasteiger partial charge in [-0.3, -0.25) is 4.90 Å². The number of aliphatic carboxylic acids is 1. The second kappa shape index (κ2) is 5.15. The van der Waals surface area contributed by atoms with Crippen LogP contribution < -0.4 is 0 Å². The van der Waals surface area contributed by atoms with E-state index >= 15 is 0 Å². The third-order valence-electron chi connectivity index (χ3n) is 3.43. The molecule has 1 aliphatic heterocycles. The second-order valence-electron chi connectivity index (χ2n) is 6.01. The quantitative estimate of drug-likeness (QED) is 0.921. The van der Waals surface area contributed by atoms with Crippen molar-refractivity contribution in [1.82, 2.24) is 4.90 Å². The lowest BCUT2D eigenvalue weighted by atomic mass is 9.87. The smallest absolute Gasteiger partial charge is 0.411 e. The van der Waals surface area contributed by atoms with Crippen molar-refractivity contribution in [1.29, 1.82) is 0 Å². The van der Waals surface area contributed by atoms with Crippen molar-refractivity contribution in [3.8, 4) is 0 Å². The van der Waals surface area contributed by atoms with Gasteiger partial charge < -0.3 is 9.84 Å². The molecule has 20 heavy (non-hydrogen) atoms. The molecule has 1 fully saturated rings. The van der Waals surface area contributed by atoms with Crippen molar-refractivity contribution in [2.45, 2.75) is 38.8 Å². The maximum absolute atomic E-state index is 11.6. The Hall–Kier alpha value is -2.04. The summed E-state index contributed by atoms with van der Waals surface area (Å²) in [6, 6.07) is 6.96. The molecule has 1 aliphatic rings. The van der Waals surface area contributed by atoms with E-state index in [0.717, 1.165) is 5.56 Å². The fourth-order valence-corrected chi connectivity index (χ4v) is 2.14. The van der Waals surface area contributed by atoms with E-state index in [2.05, 4.69) is 20.8 Å². The van der Waals surface area contributed by atoms with Gasteiger partial charge in [0.25, 0.3) is 0 Å². The molecule has 0 radical (unpaired) electrons. The van der Waals surface area contributed by atoms with E-state index in [1.54, 1.807) is 0 Å². The van der Waals surface area contributed by atoms with Gasteiger partial charge in [0.15, 0.2) is 6.04 Å². The van der Waals surface area contributed by atoms with E-state index in [-0.39, 0.29) is 18.6 Å². The molecule has 0 aliphatic carbocycles. The van der Waals surface area contributed by atoms with E-state index < -0.39 is 18.1 Å². The summed E-state index contributed by atoms with van der Waals surface area (Å²) < 4.78 is 4.80. The molecule has 1 N–H and O–H groups in total. The molecule has 0 spiro atoms. The Morgan fingerprint density at radius 3 is 2.45 bits per heavy atom. The lowest BCUT2D eigenvalue weighted by Gasteiger charge is -2.21. The number of amides is 1. The van der Waals surface area contributed by atoms with Gasteiger partial charge in [0, 0.05) is 0 Å². The summed E-state index contributed by atoms with van der Waals surface area (Å²) in [5.41, 5.74) is 2.15. The maximum Gasteiger partial charge on any atom is 0.411 e. The van der Waals surface area contributed by atoms with Crippen LogP contribution in [0.5, 0.6) is 0 Å². The van der Waals surface area contributed by atoms with Gasteiger partial charge in [-0.1, -0.05) is 45.0 Å². The summed E-state index contributed by atoms with van der Waals surface area (Å²) in [4.78, 5) is 23.9. The van der Waals surface area contributed by atoms with Crippen LogP contribution in [0.1, 0.15) is 31.9 Å². The van der Waals surface area contributed by atoms with E-state index in [0.29, 0.717) is 0 Å². The lowest BCUT2D eigenvalue weighted by molar-refractivity contribution is -0.141. The molecule has 0 aromatic heterocycles. The average molecular weight is 277 g/mol. The van der Waals surface area contributed by atoms with Gasteiger partial charge in [0.2, 0.25) is 0 Å². The number of nitrogens with zero attached hydrogens (tertiary/aromatic N) is 1. The molecule has 1 atom stereocenters. The fourth-order valence-electron chi connectivity index (χ4n) is 2.14. The first kappa shape index (κ1) is 14.4. The molecule has 2 rings (SSSR count). The first-order valence-electron chi connectivity index (χ1n) is 6.54. The van der Waals surface area contributed by atoms with Gasteiger partial charge in [0.05, 0.1) is 6.54 Å². The normalized spacial score (nSPS) is 19.1. The van der Waals surface area contributed by atoms with Crippen LogP contribution in [-0.2, 0) is 21.5 Å². The number of carboxylic acids is 1. The Bertz CT molecular complexity index is 516. The number of ether oxygens (including phenoxy) is 1. The summed E-state index contributed by atoms with van der Waals surface area (Å²) in [5.74, 6) is -1.04. The molecule has 108 valence electrons. The van der Waals surface area contributed by atoms with Crippen LogP contribution in [0.15, 0.2) is 24.3 Å². The predicted octanol–water partition coefficient (Wildman–Crippen LogP) is 2.39. The van der Waals surface area contributed by atoms with Crippen LogP contribution in [0.2, 0.25) is 0 Å². The minimum absolute atomic E-state index is 0.0642. The van der Waals surface area contributed by atoms with Gasteiger partial charge in [-0.25, -0.2) is 9.59 Å². The van der Waals surface area contributed by atoms with Crippen molar-refractivity contribution in [3.05, 3.63) is 35.4 Å². The molecule has 1 unspecified atom stereocenters. The predicted molar refractivity (Wildman–Crippen MR) is 73.5 cm³/mol. The van der Waals surface area contributed by atoms with Gasteiger partial charge in [-0.2, -0.15) is 0 Å². The first-order chi connectivity index (χ1) is 9.29. The lowest BCUT2D eigenvalue weighted by Crippen LogP contribution is -2.38. The van der Waals surface area contributed by atoms with Gasteiger partial charge >= 0.3 is 12.1 Å². The molecular weight excluding hydrogens is 258 g/mol. The SMILES string of the molecule is CC(C)(C)c1ccc(CN2C(=O)OCC2C(=O)O)cc1. The van der Waals surface area contributed by atoms with Gasteiger partial charge in [-0.05, 0) is 16.5 Å². The van der Waals surface area contributed by atoms with E-state index in [9.17, 15) is 9.59 Å². The summed E-state index contributed by atoms with van der Waals surface area (Å²) in [6.45, 7) is 6.54. The molecule has 1 amide bonds. The minimum atomic E-state index is -1.04. The summed E-state index contributed by atoms with van der Waals surface area (Å²) >= 11 is 0. The zero-order valence-electron chi connectivity index (χ0n) is 11.9. The van der Waals surface area contributed by atoms with Crippen LogP contribution in [-0.4, -0.2) is 34.7 Å². The van der Waals surface area contributed by atoms with E-state index in [1.165, 1.54) is 10.5 Å². The van der Waals surface area contributed by atoms with Crippen LogP contribution in [0, 0.1) is 0 Å². The van der Waals surface area contributed by atoms with E-state index in [4.69, 9.17) is 9.84 Å². The van der Waals surface area contributed by atoms with Crippen LogP contribution in [0.3, 0.4) is 0 Å². The molecule has 5 heteroatoms. The van der Waals surface area contributed by atoms with Crippen molar-refractivity contribution >= 4 is 12.1 Å². The van der Waals surface area contributed by atoms with Crippen LogP contribution >= 0.6 is 0 Å². The van der Waals surface area contributed by atoms with Crippen molar-refractivity contribution in [3.63, 3.8) is 0 Å². The van der Waals surface area contributed by atoms with Crippen molar-refractivity contribution in [2.24, 2.45) is 0 Å². The molecule has 0 bridgehead atoms. The molecular formula is C15H19NO4. The number of cyclic esters (lactones) is 1. The van der Waals surface area contributed by atoms with Gasteiger partial charge in [0.1, 0.15) is 6.61 Å². The van der Waals surface area contributed by atoms with Crippen molar-refractivity contribution < 1.29 is 19.4 Å². The molecule has 1 saturated heterocycles. The topological polar surface area (TPSA) is 66.8 Å². The fraction of sp³-hybridized carbons (Fsp3) is 0.467. The molecule has 1 heterocycles. The highest BCUT2D eigenvalue weighted by Crippen LogP contribution is 2.23. The van der Waals surface area contributed by atoms with Crippen molar-refractivity contribution in [2.75, 3.05) is 6.61 Å². The zero-order valence-corrected chi connectivity index (χ0v) is 11.9. The highest BCUT2D eigenvalue weighted by molar-refractivity contribution is 5.82. The molecule has 0 saturated carbocycles. The average Bonchev–Trinajstić information content (AvgIpc) is 2.71. The minimum Gasteiger partial charge on any atom is -0.480 e. The Morgan fingerprint density at radius 2 is 1.95 bits per heavy atom. The largest absolute Gasteiger partial charge is 0.480 e. The second-order valence-corrected chi connectivity index (χ2v) is 6.01. The van der Waals surface area contributed by atoms with Crippen LogP contribution in [0.25, 0.3) is 0 Å². The Morgan fingerprint density at radius 1 is 1.35 bits per heavy atom. The number of carboxylic acid groups (broad SMARTS) is 1. The van der Waals surface area contributed by atoms with E-state index in [1.807, 2.05) is 24.3 Å². The Balaban J connectivity index is 2.13. The third kappa shape index (κ3) is 2.92. The highest BCUT2D eigenvalue weighted by atomic mass is 16.6. The first-order valence-corrected chi connectivity index (χ1v) is 6.54. The standard InChI is InChI=1S/C15H19NO4/c1-15(2,3)11-6-4-10(5-7-11)8-16-12(13(17)18)9-20-14(16)19/h4-7,12H,8-9H2,1-3H3,(H,17,18). The number of hydrogen-bond acceptors (Lipinski definition) is 3. The Kier molecular flexibility index (Phi) is 3.70. The maximum atomic E-state index is 11.6. The number of carbonyl (C=O) groups is 2. The number of benzene rings is 1. The van der Waals surface area contributed by atoms with Gasteiger partial charge in [-0.15, -0.1) is 0 Å².